The first-order chi connectivity index (χ1) is 14.5. The predicted molar refractivity (Wildman–Crippen MR) is 124 cm³/mol. The Hall–Kier alpha value is -2.48. The molecule has 0 aliphatic heterocycles. The summed E-state index contributed by atoms with van der Waals surface area (Å²) in [6.45, 7) is 6.73. The topological polar surface area (TPSA) is 79.4 Å². The van der Waals surface area contributed by atoms with Crippen molar-refractivity contribution in [2.24, 2.45) is 0 Å². The minimum absolute atomic E-state index is 0.00837. The lowest BCUT2D eigenvalue weighted by atomic mass is 9.92. The van der Waals surface area contributed by atoms with Gasteiger partial charge in [-0.25, -0.2) is 17.8 Å². The van der Waals surface area contributed by atoms with E-state index in [0.717, 1.165) is 42.7 Å². The summed E-state index contributed by atoms with van der Waals surface area (Å²) in [7, 11) is -1.56. The maximum absolute atomic E-state index is 14.3. The third kappa shape index (κ3) is 7.31. The molecule has 0 radical (unpaired) electrons. The van der Waals surface area contributed by atoms with Crippen molar-refractivity contribution in [2.45, 2.75) is 52.4 Å². The van der Waals surface area contributed by atoms with Crippen molar-refractivity contribution in [2.75, 3.05) is 29.5 Å². The van der Waals surface area contributed by atoms with Crippen molar-refractivity contribution in [1.29, 1.82) is 0 Å². The SMILES string of the molecule is CCCCN(C)c1nc(C)ccc1CCC(=O)C(C)c1ccc(NS(C)(=O)=O)c(F)c1. The van der Waals surface area contributed by atoms with Crippen molar-refractivity contribution >= 4 is 27.3 Å². The Labute approximate surface area is 184 Å². The first-order valence-electron chi connectivity index (χ1n) is 10.5. The van der Waals surface area contributed by atoms with Crippen LogP contribution in [0.3, 0.4) is 0 Å². The number of anilines is 2. The lowest BCUT2D eigenvalue weighted by Crippen LogP contribution is -2.22. The Morgan fingerprint density at radius 1 is 1.26 bits per heavy atom. The molecular formula is C23H32FN3O3S. The van der Waals surface area contributed by atoms with Crippen molar-refractivity contribution < 1.29 is 17.6 Å². The largest absolute Gasteiger partial charge is 0.359 e. The smallest absolute Gasteiger partial charge is 0.229 e. The molecule has 1 unspecified atom stereocenters. The summed E-state index contributed by atoms with van der Waals surface area (Å²) in [6.07, 6.45) is 3.98. The number of carbonyl (C=O) groups excluding carboxylic acids is 1. The Bertz CT molecular complexity index is 1020. The van der Waals surface area contributed by atoms with Gasteiger partial charge in [-0.15, -0.1) is 0 Å². The van der Waals surface area contributed by atoms with Crippen molar-refractivity contribution in [3.63, 3.8) is 0 Å². The summed E-state index contributed by atoms with van der Waals surface area (Å²) >= 11 is 0. The molecule has 1 N–H and O–H groups in total. The molecule has 8 heteroatoms. The van der Waals surface area contributed by atoms with Gasteiger partial charge in [0.15, 0.2) is 0 Å². The van der Waals surface area contributed by atoms with E-state index in [1.165, 1.54) is 12.1 Å². The van der Waals surface area contributed by atoms with Crippen LogP contribution in [0.2, 0.25) is 0 Å². The molecule has 0 aliphatic carbocycles. The van der Waals surface area contributed by atoms with Crippen LogP contribution in [0.5, 0.6) is 0 Å². The zero-order valence-electron chi connectivity index (χ0n) is 18.9. The maximum atomic E-state index is 14.3. The van der Waals surface area contributed by atoms with E-state index in [2.05, 4.69) is 21.5 Å². The van der Waals surface area contributed by atoms with E-state index in [-0.39, 0.29) is 11.5 Å². The normalized spacial score (nSPS) is 12.5. The average Bonchev–Trinajstić information content (AvgIpc) is 2.70. The highest BCUT2D eigenvalue weighted by Crippen LogP contribution is 2.25. The number of nitrogens with zero attached hydrogens (tertiary/aromatic N) is 2. The third-order valence-corrected chi connectivity index (χ3v) is 5.81. The second-order valence-corrected chi connectivity index (χ2v) is 9.76. The molecule has 1 atom stereocenters. The van der Waals surface area contributed by atoms with Crippen molar-refractivity contribution in [3.05, 3.63) is 53.0 Å². The van der Waals surface area contributed by atoms with Crippen LogP contribution in [-0.2, 0) is 21.2 Å². The van der Waals surface area contributed by atoms with Crippen LogP contribution in [0, 0.1) is 12.7 Å². The number of pyridine rings is 1. The summed E-state index contributed by atoms with van der Waals surface area (Å²) in [5.41, 5.74) is 2.34. The molecule has 170 valence electrons. The molecule has 31 heavy (non-hydrogen) atoms. The predicted octanol–water partition coefficient (Wildman–Crippen LogP) is 4.44. The van der Waals surface area contributed by atoms with E-state index in [0.29, 0.717) is 18.4 Å². The standard InChI is InChI=1S/C23H32FN3O3S/c1-6-7-14-27(4)23-18(9-8-16(2)25-23)11-13-22(28)17(3)19-10-12-21(20(24)15-19)26-31(5,29)30/h8-10,12,15,17,26H,6-7,11,13-14H2,1-5H3. The highest BCUT2D eigenvalue weighted by molar-refractivity contribution is 7.92. The van der Waals surface area contributed by atoms with E-state index in [9.17, 15) is 17.6 Å². The summed E-state index contributed by atoms with van der Waals surface area (Å²) in [5.74, 6) is -0.311. The van der Waals surface area contributed by atoms with Gasteiger partial charge in [0.1, 0.15) is 17.4 Å². The Morgan fingerprint density at radius 3 is 2.58 bits per heavy atom. The number of benzene rings is 1. The molecular weight excluding hydrogens is 417 g/mol. The third-order valence-electron chi connectivity index (χ3n) is 5.22. The average molecular weight is 450 g/mol. The number of aryl methyl sites for hydroxylation is 2. The molecule has 0 aliphatic rings. The number of unbranched alkanes of at least 4 members (excludes halogenated alkanes) is 1. The second-order valence-electron chi connectivity index (χ2n) is 8.01. The number of ketones is 1. The Kier molecular flexibility index (Phi) is 8.56. The Balaban J connectivity index is 2.10. The van der Waals surface area contributed by atoms with Gasteiger partial charge in [0.05, 0.1) is 11.9 Å². The van der Waals surface area contributed by atoms with Gasteiger partial charge in [0, 0.05) is 31.6 Å². The van der Waals surface area contributed by atoms with Crippen LogP contribution in [-0.4, -0.2) is 39.0 Å². The summed E-state index contributed by atoms with van der Waals surface area (Å²) in [6, 6.07) is 8.11. The fourth-order valence-electron chi connectivity index (χ4n) is 3.34. The van der Waals surface area contributed by atoms with Gasteiger partial charge >= 0.3 is 0 Å². The molecule has 1 heterocycles. The molecule has 1 aromatic carbocycles. The molecule has 1 aromatic heterocycles. The maximum Gasteiger partial charge on any atom is 0.229 e. The molecule has 0 saturated carbocycles. The lowest BCUT2D eigenvalue weighted by molar-refractivity contribution is -0.120. The van der Waals surface area contributed by atoms with Crippen LogP contribution >= 0.6 is 0 Å². The summed E-state index contributed by atoms with van der Waals surface area (Å²) in [4.78, 5) is 19.6. The Morgan fingerprint density at radius 2 is 1.97 bits per heavy atom. The number of Topliss-reactive ketones (excluding diaryl/α,β-unsaturated/α-hetero) is 1. The monoisotopic (exact) mass is 449 g/mol. The number of sulfonamides is 1. The molecule has 0 amide bonds. The van der Waals surface area contributed by atoms with Crippen LogP contribution in [0.15, 0.2) is 30.3 Å². The first kappa shape index (κ1) is 24.8. The van der Waals surface area contributed by atoms with E-state index < -0.39 is 21.8 Å². The van der Waals surface area contributed by atoms with E-state index in [4.69, 9.17) is 0 Å². The molecule has 0 bridgehead atoms. The second kappa shape index (κ2) is 10.7. The number of nitrogens with one attached hydrogen (secondary N) is 1. The summed E-state index contributed by atoms with van der Waals surface area (Å²) in [5, 5.41) is 0. The minimum atomic E-state index is -3.58. The number of aromatic nitrogens is 1. The molecule has 6 nitrogen and oxygen atoms in total. The fraction of sp³-hybridized carbons (Fsp3) is 0.478. The molecule has 2 aromatic rings. The quantitative estimate of drug-likeness (QED) is 0.549. The summed E-state index contributed by atoms with van der Waals surface area (Å²) < 4.78 is 39.0. The number of carbonyl (C=O) groups is 1. The van der Waals surface area contributed by atoms with Crippen molar-refractivity contribution in [3.8, 4) is 0 Å². The lowest BCUT2D eigenvalue weighted by Gasteiger charge is -2.22. The van der Waals surface area contributed by atoms with Crippen LogP contribution in [0.4, 0.5) is 15.9 Å². The van der Waals surface area contributed by atoms with Crippen LogP contribution in [0.1, 0.15) is 55.8 Å². The zero-order valence-corrected chi connectivity index (χ0v) is 19.7. The molecule has 2 rings (SSSR count). The van der Waals surface area contributed by atoms with E-state index >= 15 is 0 Å². The first-order valence-corrected chi connectivity index (χ1v) is 12.4. The van der Waals surface area contributed by atoms with Crippen molar-refractivity contribution in [1.82, 2.24) is 4.98 Å². The van der Waals surface area contributed by atoms with Crippen LogP contribution < -0.4 is 9.62 Å². The molecule has 0 fully saturated rings. The van der Waals surface area contributed by atoms with E-state index in [1.807, 2.05) is 26.1 Å². The number of hydrogen-bond donors (Lipinski definition) is 1. The number of halogens is 1. The van der Waals surface area contributed by atoms with Crippen LogP contribution in [0.25, 0.3) is 0 Å². The van der Waals surface area contributed by atoms with Gasteiger partial charge in [-0.1, -0.05) is 32.4 Å². The van der Waals surface area contributed by atoms with Gasteiger partial charge in [-0.05, 0) is 49.1 Å². The zero-order chi connectivity index (χ0) is 23.2. The molecule has 0 spiro atoms. The number of rotatable bonds is 11. The minimum Gasteiger partial charge on any atom is -0.359 e. The number of hydrogen-bond acceptors (Lipinski definition) is 5. The van der Waals surface area contributed by atoms with Gasteiger partial charge < -0.3 is 4.90 Å². The highest BCUT2D eigenvalue weighted by Gasteiger charge is 2.19. The van der Waals surface area contributed by atoms with Gasteiger partial charge in [0.2, 0.25) is 10.0 Å². The van der Waals surface area contributed by atoms with Gasteiger partial charge in [0.25, 0.3) is 0 Å². The van der Waals surface area contributed by atoms with E-state index in [1.54, 1.807) is 13.0 Å². The van der Waals surface area contributed by atoms with Gasteiger partial charge in [-0.2, -0.15) is 0 Å². The fourth-order valence-corrected chi connectivity index (χ4v) is 3.91. The highest BCUT2D eigenvalue weighted by atomic mass is 32.2. The molecule has 0 saturated heterocycles. The van der Waals surface area contributed by atoms with Gasteiger partial charge in [-0.3, -0.25) is 9.52 Å².